The molecule has 1 fully saturated rings. The van der Waals surface area contributed by atoms with Crippen molar-refractivity contribution in [2.24, 2.45) is 0 Å². The molecule has 3 aromatic carbocycles. The molecule has 0 amide bonds. The minimum absolute atomic E-state index is 0.409. The van der Waals surface area contributed by atoms with E-state index in [-0.39, 0.29) is 0 Å². The van der Waals surface area contributed by atoms with Crippen molar-refractivity contribution in [2.75, 3.05) is 13.1 Å². The van der Waals surface area contributed by atoms with Gasteiger partial charge in [-0.25, -0.2) is 4.98 Å². The van der Waals surface area contributed by atoms with Crippen molar-refractivity contribution in [1.29, 1.82) is 5.26 Å². The van der Waals surface area contributed by atoms with Crippen LogP contribution in [0.1, 0.15) is 35.7 Å². The summed E-state index contributed by atoms with van der Waals surface area (Å²) >= 11 is 0. The molecule has 6 aromatic rings. The Morgan fingerprint density at radius 1 is 0.805 bits per heavy atom. The molecular formula is C34H29N7. The maximum absolute atomic E-state index is 9.39. The Morgan fingerprint density at radius 2 is 1.51 bits per heavy atom. The summed E-state index contributed by atoms with van der Waals surface area (Å²) in [6.07, 6.45) is 4.06. The fourth-order valence-corrected chi connectivity index (χ4v) is 5.76. The second kappa shape index (κ2) is 10.8. The van der Waals surface area contributed by atoms with Crippen molar-refractivity contribution < 1.29 is 0 Å². The first kappa shape index (κ1) is 24.9. The molecule has 7 nitrogen and oxygen atoms in total. The van der Waals surface area contributed by atoms with Gasteiger partial charge in [0, 0.05) is 35.3 Å². The van der Waals surface area contributed by atoms with E-state index in [4.69, 9.17) is 4.98 Å². The first-order chi connectivity index (χ1) is 20.2. The quantitative estimate of drug-likeness (QED) is 0.256. The summed E-state index contributed by atoms with van der Waals surface area (Å²) < 4.78 is 2.07. The third-order valence-electron chi connectivity index (χ3n) is 7.96. The van der Waals surface area contributed by atoms with Gasteiger partial charge in [0.25, 0.3) is 0 Å². The fourth-order valence-electron chi connectivity index (χ4n) is 5.76. The summed E-state index contributed by atoms with van der Waals surface area (Å²) in [5, 5.41) is 18.3. The number of benzene rings is 3. The Labute approximate surface area is 238 Å². The Hall–Kier alpha value is -5.06. The van der Waals surface area contributed by atoms with Crippen LogP contribution in [0.25, 0.3) is 39.5 Å². The van der Waals surface area contributed by atoms with Gasteiger partial charge >= 0.3 is 0 Å². The number of pyridine rings is 1. The highest BCUT2D eigenvalue weighted by Crippen LogP contribution is 2.34. The van der Waals surface area contributed by atoms with E-state index in [1.807, 2.05) is 54.7 Å². The van der Waals surface area contributed by atoms with E-state index in [9.17, 15) is 5.26 Å². The number of hydrogen-bond donors (Lipinski definition) is 1. The number of likely N-dealkylation sites (tertiary alicyclic amines) is 1. The lowest BCUT2D eigenvalue weighted by molar-refractivity contribution is 0.202. The first-order valence-electron chi connectivity index (χ1n) is 14.0. The van der Waals surface area contributed by atoms with Crippen molar-refractivity contribution in [1.82, 2.24) is 29.5 Å². The molecule has 1 N–H and O–H groups in total. The lowest BCUT2D eigenvalue weighted by Gasteiger charge is -2.30. The van der Waals surface area contributed by atoms with Crippen molar-refractivity contribution in [2.45, 2.75) is 25.3 Å². The van der Waals surface area contributed by atoms with E-state index >= 15 is 0 Å². The number of hydrogen-bond acceptors (Lipinski definition) is 5. The Balaban J connectivity index is 1.06. The van der Waals surface area contributed by atoms with Crippen LogP contribution in [0.5, 0.6) is 0 Å². The van der Waals surface area contributed by atoms with Crippen molar-refractivity contribution >= 4 is 5.65 Å². The van der Waals surface area contributed by atoms with E-state index in [0.29, 0.717) is 11.5 Å². The Bertz CT molecular complexity index is 1820. The number of piperidine rings is 1. The lowest BCUT2D eigenvalue weighted by atomic mass is 9.95. The third-order valence-corrected chi connectivity index (χ3v) is 7.96. The first-order valence-corrected chi connectivity index (χ1v) is 14.0. The zero-order valence-corrected chi connectivity index (χ0v) is 22.6. The van der Waals surface area contributed by atoms with Crippen LogP contribution in [0.2, 0.25) is 0 Å². The number of fused-ring (bicyclic) bond motifs is 1. The molecule has 0 spiro atoms. The van der Waals surface area contributed by atoms with E-state index < -0.39 is 0 Å². The molecule has 1 aliphatic rings. The predicted molar refractivity (Wildman–Crippen MR) is 160 cm³/mol. The second-order valence-corrected chi connectivity index (χ2v) is 10.6. The molecule has 7 rings (SSSR count). The lowest BCUT2D eigenvalue weighted by Crippen LogP contribution is -2.32. The highest BCUT2D eigenvalue weighted by molar-refractivity contribution is 5.82. The van der Waals surface area contributed by atoms with E-state index in [0.717, 1.165) is 77.9 Å². The predicted octanol–water partition coefficient (Wildman–Crippen LogP) is 6.70. The van der Waals surface area contributed by atoms with Gasteiger partial charge < -0.3 is 4.98 Å². The minimum Gasteiger partial charge on any atom is -0.325 e. The highest BCUT2D eigenvalue weighted by Gasteiger charge is 2.24. The zero-order valence-electron chi connectivity index (χ0n) is 22.6. The van der Waals surface area contributed by atoms with E-state index in [2.05, 4.69) is 79.1 Å². The van der Waals surface area contributed by atoms with Crippen LogP contribution in [-0.2, 0) is 6.54 Å². The number of imidazole rings is 1. The van der Waals surface area contributed by atoms with Crippen LogP contribution in [-0.4, -0.2) is 42.6 Å². The van der Waals surface area contributed by atoms with Gasteiger partial charge in [0.05, 0.1) is 23.0 Å². The number of H-pyrrole nitrogens is 1. The molecule has 0 unspecified atom stereocenters. The zero-order chi connectivity index (χ0) is 27.6. The molecule has 3 aromatic heterocycles. The van der Waals surface area contributed by atoms with Gasteiger partial charge in [0.2, 0.25) is 0 Å². The number of aromatic nitrogens is 5. The van der Waals surface area contributed by atoms with E-state index in [1.54, 1.807) is 0 Å². The maximum Gasteiger partial charge on any atom is 0.161 e. The number of nitrogens with zero attached hydrogens (tertiary/aromatic N) is 6. The van der Waals surface area contributed by atoms with Crippen LogP contribution in [0.3, 0.4) is 0 Å². The SMILES string of the molecule is N#Cc1ccn2c(-c3ccccc3)c(-c3ccc(CN4CCC(c5nnc(-c6ccccc6)[nH]5)CC4)cc3)nc2c1. The summed E-state index contributed by atoms with van der Waals surface area (Å²) in [4.78, 5) is 10.9. The van der Waals surface area contributed by atoms with Crippen molar-refractivity contribution in [3.8, 4) is 40.0 Å². The summed E-state index contributed by atoms with van der Waals surface area (Å²) in [6.45, 7) is 2.97. The molecule has 0 bridgehead atoms. The average molecular weight is 536 g/mol. The van der Waals surface area contributed by atoms with Gasteiger partial charge in [-0.2, -0.15) is 5.26 Å². The van der Waals surface area contributed by atoms with Crippen LogP contribution in [0, 0.1) is 11.3 Å². The molecule has 200 valence electrons. The summed E-state index contributed by atoms with van der Waals surface area (Å²) in [7, 11) is 0. The Kier molecular flexibility index (Phi) is 6.59. The molecular weight excluding hydrogens is 506 g/mol. The largest absolute Gasteiger partial charge is 0.325 e. The van der Waals surface area contributed by atoms with Gasteiger partial charge in [-0.3, -0.25) is 9.30 Å². The molecule has 0 saturated carbocycles. The van der Waals surface area contributed by atoms with Crippen molar-refractivity contribution in [3.05, 3.63) is 120 Å². The molecule has 0 aliphatic carbocycles. The van der Waals surface area contributed by atoms with Crippen LogP contribution < -0.4 is 0 Å². The fraction of sp³-hybridized carbons (Fsp3) is 0.176. The molecule has 1 saturated heterocycles. The normalized spacial score (nSPS) is 14.3. The van der Waals surface area contributed by atoms with Crippen LogP contribution in [0.4, 0.5) is 0 Å². The topological polar surface area (TPSA) is 85.9 Å². The average Bonchev–Trinajstić information content (AvgIpc) is 3.68. The molecule has 0 atom stereocenters. The summed E-state index contributed by atoms with van der Waals surface area (Å²) in [5.74, 6) is 2.25. The van der Waals surface area contributed by atoms with Gasteiger partial charge in [-0.1, -0.05) is 84.9 Å². The monoisotopic (exact) mass is 535 g/mol. The number of nitriles is 1. The number of aromatic amines is 1. The van der Waals surface area contributed by atoms with Crippen LogP contribution in [0.15, 0.2) is 103 Å². The summed E-state index contributed by atoms with van der Waals surface area (Å²) in [6, 6.07) is 35.1. The van der Waals surface area contributed by atoms with E-state index in [1.165, 1.54) is 5.56 Å². The second-order valence-electron chi connectivity index (χ2n) is 10.6. The number of rotatable bonds is 6. The van der Waals surface area contributed by atoms with Gasteiger partial charge in [-0.15, -0.1) is 10.2 Å². The van der Waals surface area contributed by atoms with Crippen LogP contribution >= 0.6 is 0 Å². The van der Waals surface area contributed by atoms with Gasteiger partial charge in [0.1, 0.15) is 11.5 Å². The maximum atomic E-state index is 9.39. The smallest absolute Gasteiger partial charge is 0.161 e. The molecule has 7 heteroatoms. The van der Waals surface area contributed by atoms with Gasteiger partial charge in [0.15, 0.2) is 5.82 Å². The summed E-state index contributed by atoms with van der Waals surface area (Å²) in [5.41, 5.74) is 7.83. The molecule has 41 heavy (non-hydrogen) atoms. The third kappa shape index (κ3) is 5.02. The molecule has 1 aliphatic heterocycles. The van der Waals surface area contributed by atoms with Gasteiger partial charge in [-0.05, 0) is 43.6 Å². The Morgan fingerprint density at radius 3 is 2.22 bits per heavy atom. The number of nitrogens with one attached hydrogen (secondary N) is 1. The highest BCUT2D eigenvalue weighted by atomic mass is 15.2. The standard InChI is InChI=1S/C34H29N7/c35-22-25-15-20-41-30(21-25)36-31(32(41)27-7-3-1-4-8-27)26-13-11-24(12-14-26)23-40-18-16-29(17-19-40)34-37-33(38-39-34)28-9-5-2-6-10-28/h1-15,20-21,29H,16-19,23H2,(H,37,38,39). The molecule has 0 radical (unpaired) electrons. The minimum atomic E-state index is 0.409. The van der Waals surface area contributed by atoms with Crippen molar-refractivity contribution in [3.63, 3.8) is 0 Å². The molecule has 4 heterocycles.